The molecule has 0 bridgehead atoms. The molecule has 2 aromatic rings. The third kappa shape index (κ3) is 3.55. The zero-order valence-corrected chi connectivity index (χ0v) is 12.3. The molecule has 0 fully saturated rings. The molecule has 0 atom stereocenters. The minimum absolute atomic E-state index is 0.266. The Balaban J connectivity index is 2.19. The number of nitrogens with zero attached hydrogens (tertiary/aromatic N) is 1. The largest absolute Gasteiger partial charge is 0.380 e. The lowest BCUT2D eigenvalue weighted by Gasteiger charge is -2.10. The summed E-state index contributed by atoms with van der Waals surface area (Å²) in [4.78, 5) is 0. The van der Waals surface area contributed by atoms with Crippen LogP contribution in [-0.2, 0) is 6.54 Å². The number of rotatable bonds is 3. The zero-order valence-electron chi connectivity index (χ0n) is 10.1. The van der Waals surface area contributed by atoms with E-state index in [0.717, 1.165) is 0 Å². The van der Waals surface area contributed by atoms with E-state index in [1.165, 1.54) is 18.2 Å². The highest BCUT2D eigenvalue weighted by Gasteiger charge is 2.06. The Bertz CT molecular complexity index is 696. The van der Waals surface area contributed by atoms with Gasteiger partial charge in [-0.3, -0.25) is 0 Å². The fourth-order valence-electron chi connectivity index (χ4n) is 1.67. The minimum Gasteiger partial charge on any atom is -0.380 e. The standard InChI is InChI=1S/C14H8Cl3FN2/c15-11-4-13(17)14(5-12(11)16)20-7-9-1-8(6-19)2-10(18)3-9/h1-5,20H,7H2. The highest BCUT2D eigenvalue weighted by molar-refractivity contribution is 6.44. The van der Waals surface area contributed by atoms with E-state index in [1.807, 2.05) is 6.07 Å². The Labute approximate surface area is 130 Å². The summed E-state index contributed by atoms with van der Waals surface area (Å²) in [7, 11) is 0. The van der Waals surface area contributed by atoms with Gasteiger partial charge < -0.3 is 5.32 Å². The van der Waals surface area contributed by atoms with Crippen molar-refractivity contribution in [1.29, 1.82) is 5.26 Å². The van der Waals surface area contributed by atoms with Gasteiger partial charge in [-0.25, -0.2) is 4.39 Å². The fourth-order valence-corrected chi connectivity index (χ4v) is 2.29. The smallest absolute Gasteiger partial charge is 0.124 e. The van der Waals surface area contributed by atoms with Crippen LogP contribution in [-0.4, -0.2) is 0 Å². The van der Waals surface area contributed by atoms with Gasteiger partial charge in [0.2, 0.25) is 0 Å². The van der Waals surface area contributed by atoms with Crippen LogP contribution >= 0.6 is 34.8 Å². The fraction of sp³-hybridized carbons (Fsp3) is 0.0714. The first-order valence-electron chi connectivity index (χ1n) is 5.57. The molecule has 0 aliphatic heterocycles. The van der Waals surface area contributed by atoms with E-state index in [0.29, 0.717) is 32.9 Å². The summed E-state index contributed by atoms with van der Waals surface area (Å²) >= 11 is 17.8. The number of hydrogen-bond donors (Lipinski definition) is 1. The molecule has 0 aliphatic rings. The highest BCUT2D eigenvalue weighted by Crippen LogP contribution is 2.32. The Morgan fingerprint density at radius 1 is 1.00 bits per heavy atom. The van der Waals surface area contributed by atoms with Crippen LogP contribution < -0.4 is 5.32 Å². The maximum Gasteiger partial charge on any atom is 0.124 e. The molecule has 0 saturated carbocycles. The summed E-state index contributed by atoms with van der Waals surface area (Å²) in [6, 6.07) is 9.15. The van der Waals surface area contributed by atoms with Crippen LogP contribution in [0.25, 0.3) is 0 Å². The summed E-state index contributed by atoms with van der Waals surface area (Å²) in [5, 5.41) is 13.0. The van der Waals surface area contributed by atoms with E-state index in [1.54, 1.807) is 12.1 Å². The predicted octanol–water partition coefficient (Wildman–Crippen LogP) is 5.27. The summed E-state index contributed by atoms with van der Waals surface area (Å²) in [6.07, 6.45) is 0. The second kappa shape index (κ2) is 6.32. The average molecular weight is 330 g/mol. The molecule has 0 amide bonds. The van der Waals surface area contributed by atoms with Crippen LogP contribution in [0.1, 0.15) is 11.1 Å². The summed E-state index contributed by atoms with van der Waals surface area (Å²) in [6.45, 7) is 0.310. The zero-order chi connectivity index (χ0) is 14.7. The first kappa shape index (κ1) is 14.9. The molecule has 102 valence electrons. The highest BCUT2D eigenvalue weighted by atomic mass is 35.5. The van der Waals surface area contributed by atoms with Crippen molar-refractivity contribution in [1.82, 2.24) is 0 Å². The molecule has 2 rings (SSSR count). The Kier molecular flexibility index (Phi) is 4.72. The van der Waals surface area contributed by atoms with Crippen molar-refractivity contribution >= 4 is 40.5 Å². The Morgan fingerprint density at radius 2 is 1.70 bits per heavy atom. The van der Waals surface area contributed by atoms with Crippen molar-refractivity contribution in [3.63, 3.8) is 0 Å². The van der Waals surface area contributed by atoms with Crippen molar-refractivity contribution in [2.24, 2.45) is 0 Å². The minimum atomic E-state index is -0.457. The van der Waals surface area contributed by atoms with Gasteiger partial charge in [0.1, 0.15) is 5.82 Å². The van der Waals surface area contributed by atoms with Crippen LogP contribution in [0.2, 0.25) is 15.1 Å². The number of halogens is 4. The molecule has 2 aromatic carbocycles. The van der Waals surface area contributed by atoms with E-state index in [2.05, 4.69) is 5.32 Å². The average Bonchev–Trinajstić information content (AvgIpc) is 2.40. The van der Waals surface area contributed by atoms with Gasteiger partial charge in [0.15, 0.2) is 0 Å². The summed E-state index contributed by atoms with van der Waals surface area (Å²) in [5.41, 5.74) is 1.48. The monoisotopic (exact) mass is 328 g/mol. The molecule has 0 aromatic heterocycles. The lowest BCUT2D eigenvalue weighted by Crippen LogP contribution is -2.01. The van der Waals surface area contributed by atoms with Gasteiger partial charge in [-0.15, -0.1) is 0 Å². The van der Waals surface area contributed by atoms with E-state index in [4.69, 9.17) is 40.1 Å². The molecule has 0 unspecified atom stereocenters. The van der Waals surface area contributed by atoms with Gasteiger partial charge in [-0.2, -0.15) is 5.26 Å². The maximum absolute atomic E-state index is 13.3. The second-order valence-corrected chi connectivity index (χ2v) is 5.28. The molecule has 6 heteroatoms. The van der Waals surface area contributed by atoms with Gasteiger partial charge in [0.25, 0.3) is 0 Å². The number of nitriles is 1. The topological polar surface area (TPSA) is 35.8 Å². The number of benzene rings is 2. The lowest BCUT2D eigenvalue weighted by molar-refractivity contribution is 0.625. The third-order valence-corrected chi connectivity index (χ3v) is 3.61. The van der Waals surface area contributed by atoms with Crippen LogP contribution in [0.5, 0.6) is 0 Å². The molecule has 20 heavy (non-hydrogen) atoms. The van der Waals surface area contributed by atoms with Crippen molar-refractivity contribution in [3.05, 3.63) is 62.3 Å². The molecule has 0 saturated heterocycles. The Hall–Kier alpha value is -1.47. The van der Waals surface area contributed by atoms with Crippen molar-refractivity contribution < 1.29 is 4.39 Å². The summed E-state index contributed by atoms with van der Waals surface area (Å²) < 4.78 is 13.3. The Morgan fingerprint density at radius 3 is 2.40 bits per heavy atom. The van der Waals surface area contributed by atoms with E-state index in [-0.39, 0.29) is 5.56 Å². The van der Waals surface area contributed by atoms with Gasteiger partial charge >= 0.3 is 0 Å². The lowest BCUT2D eigenvalue weighted by atomic mass is 10.1. The molecule has 1 N–H and O–H groups in total. The van der Waals surface area contributed by atoms with E-state index < -0.39 is 5.82 Å². The van der Waals surface area contributed by atoms with E-state index >= 15 is 0 Å². The molecule has 0 aliphatic carbocycles. The number of hydrogen-bond acceptors (Lipinski definition) is 2. The van der Waals surface area contributed by atoms with Crippen LogP contribution in [0.4, 0.5) is 10.1 Å². The first-order valence-corrected chi connectivity index (χ1v) is 6.71. The summed E-state index contributed by atoms with van der Waals surface area (Å²) in [5.74, 6) is -0.457. The van der Waals surface area contributed by atoms with Gasteiger partial charge in [0.05, 0.1) is 32.4 Å². The first-order chi connectivity index (χ1) is 9.49. The van der Waals surface area contributed by atoms with Gasteiger partial charge in [-0.1, -0.05) is 34.8 Å². The van der Waals surface area contributed by atoms with Crippen molar-refractivity contribution in [2.75, 3.05) is 5.32 Å². The third-order valence-electron chi connectivity index (χ3n) is 2.58. The maximum atomic E-state index is 13.3. The quantitative estimate of drug-likeness (QED) is 0.779. The van der Waals surface area contributed by atoms with Crippen molar-refractivity contribution in [3.8, 4) is 6.07 Å². The number of anilines is 1. The van der Waals surface area contributed by atoms with Crippen LogP contribution in [0.3, 0.4) is 0 Å². The molecule has 0 spiro atoms. The van der Waals surface area contributed by atoms with Crippen LogP contribution in [0.15, 0.2) is 30.3 Å². The molecule has 0 heterocycles. The molecular weight excluding hydrogens is 322 g/mol. The van der Waals surface area contributed by atoms with Crippen LogP contribution in [0, 0.1) is 17.1 Å². The molecule has 2 nitrogen and oxygen atoms in total. The van der Waals surface area contributed by atoms with Gasteiger partial charge in [-0.05, 0) is 35.9 Å². The molecular formula is C14H8Cl3FN2. The predicted molar refractivity (Wildman–Crippen MR) is 79.9 cm³/mol. The number of nitrogens with one attached hydrogen (secondary N) is 1. The second-order valence-electron chi connectivity index (χ2n) is 4.06. The van der Waals surface area contributed by atoms with Crippen molar-refractivity contribution in [2.45, 2.75) is 6.54 Å². The van der Waals surface area contributed by atoms with E-state index in [9.17, 15) is 4.39 Å². The molecule has 0 radical (unpaired) electrons. The normalized spacial score (nSPS) is 10.2. The van der Waals surface area contributed by atoms with Gasteiger partial charge in [0, 0.05) is 6.54 Å². The SMILES string of the molecule is N#Cc1cc(F)cc(CNc2cc(Cl)c(Cl)cc2Cl)c1.